The summed E-state index contributed by atoms with van der Waals surface area (Å²) in [4.78, 5) is 13.3. The van der Waals surface area contributed by atoms with E-state index in [-0.39, 0.29) is 6.10 Å². The lowest BCUT2D eigenvalue weighted by Gasteiger charge is -2.15. The van der Waals surface area contributed by atoms with Crippen LogP contribution in [0, 0.1) is 6.92 Å². The van der Waals surface area contributed by atoms with Gasteiger partial charge < -0.3 is 9.47 Å². The van der Waals surface area contributed by atoms with Crippen molar-refractivity contribution >= 4 is 37.9 Å². The van der Waals surface area contributed by atoms with Crippen molar-refractivity contribution in [3.05, 3.63) is 52.6 Å². The van der Waals surface area contributed by atoms with Crippen LogP contribution in [0.25, 0.3) is 10.9 Å². The Hall–Kier alpha value is -2.29. The third-order valence-electron chi connectivity index (χ3n) is 4.75. The molecule has 7 nitrogen and oxygen atoms in total. The molecule has 2 aromatic heterocycles. The maximum Gasteiger partial charge on any atom is 0.218 e. The van der Waals surface area contributed by atoms with E-state index in [9.17, 15) is 4.21 Å². The number of fused-ring (bicyclic) bond motifs is 1. The van der Waals surface area contributed by atoms with Crippen molar-refractivity contribution in [1.29, 1.82) is 0 Å². The van der Waals surface area contributed by atoms with E-state index in [0.717, 1.165) is 34.1 Å². The van der Waals surface area contributed by atoms with Gasteiger partial charge in [-0.2, -0.15) is 4.36 Å². The summed E-state index contributed by atoms with van der Waals surface area (Å²) >= 11 is 6.11. The highest BCUT2D eigenvalue weighted by Crippen LogP contribution is 2.30. The Morgan fingerprint density at radius 2 is 2.13 bits per heavy atom. The molecule has 0 spiro atoms. The van der Waals surface area contributed by atoms with Crippen LogP contribution >= 0.6 is 11.6 Å². The van der Waals surface area contributed by atoms with E-state index < -0.39 is 9.73 Å². The third-order valence-corrected chi connectivity index (χ3v) is 5.61. The summed E-state index contributed by atoms with van der Waals surface area (Å²) in [5.41, 5.74) is 4.13. The highest BCUT2D eigenvalue weighted by atomic mass is 35.5. The zero-order chi connectivity index (χ0) is 21.3. The molecule has 1 aromatic carbocycles. The number of pyridine rings is 1. The van der Waals surface area contributed by atoms with Gasteiger partial charge in [-0.15, -0.1) is 0 Å². The van der Waals surface area contributed by atoms with Crippen LogP contribution in [-0.4, -0.2) is 51.0 Å². The van der Waals surface area contributed by atoms with Crippen LogP contribution in [0.1, 0.15) is 23.2 Å². The van der Waals surface area contributed by atoms with Gasteiger partial charge in [-0.1, -0.05) is 17.7 Å². The summed E-state index contributed by atoms with van der Waals surface area (Å²) in [7, 11) is -2.26. The number of aryl methyl sites for hydroxylation is 1. The molecule has 3 aromatic rings. The smallest absolute Gasteiger partial charge is 0.218 e. The molecule has 4 rings (SSSR count). The molecule has 0 amide bonds. The second kappa shape index (κ2) is 8.45. The lowest BCUT2D eigenvalue weighted by molar-refractivity contribution is 0.137. The van der Waals surface area contributed by atoms with Crippen LogP contribution < -0.4 is 4.74 Å². The molecule has 0 radical (unpaired) electrons. The first-order valence-corrected chi connectivity index (χ1v) is 12.3. The molecule has 0 aliphatic carbocycles. The van der Waals surface area contributed by atoms with E-state index in [1.165, 1.54) is 6.33 Å². The maximum atomic E-state index is 12.1. The monoisotopic (exact) mass is 446 g/mol. The SMILES string of the molecule is Cc1cc(N=S(C)(C)=O)cc2ncnc(Cc3ccc(Cl)nc3O[C@H]3CCOC3)c12. The molecule has 1 fully saturated rings. The second-order valence-electron chi connectivity index (χ2n) is 7.63. The summed E-state index contributed by atoms with van der Waals surface area (Å²) in [5, 5.41) is 1.32. The van der Waals surface area contributed by atoms with Gasteiger partial charge in [-0.05, 0) is 30.7 Å². The maximum absolute atomic E-state index is 12.1. The Bertz CT molecular complexity index is 1210. The minimum absolute atomic E-state index is 0.0271. The zero-order valence-corrected chi connectivity index (χ0v) is 18.7. The molecule has 0 saturated carbocycles. The van der Waals surface area contributed by atoms with Crippen molar-refractivity contribution in [3.8, 4) is 5.88 Å². The average molecular weight is 447 g/mol. The summed E-state index contributed by atoms with van der Waals surface area (Å²) in [5.74, 6) is 0.505. The molecule has 3 heterocycles. The van der Waals surface area contributed by atoms with Crippen LogP contribution in [-0.2, 0) is 20.9 Å². The van der Waals surface area contributed by atoms with Gasteiger partial charge in [0.2, 0.25) is 5.88 Å². The molecular formula is C21H23ClN4O3S. The van der Waals surface area contributed by atoms with Crippen LogP contribution in [0.3, 0.4) is 0 Å². The van der Waals surface area contributed by atoms with E-state index in [4.69, 9.17) is 21.1 Å². The largest absolute Gasteiger partial charge is 0.472 e. The lowest BCUT2D eigenvalue weighted by Crippen LogP contribution is -2.17. The molecule has 0 bridgehead atoms. The van der Waals surface area contributed by atoms with Gasteiger partial charge in [-0.3, -0.25) is 0 Å². The van der Waals surface area contributed by atoms with Crippen molar-refractivity contribution in [2.24, 2.45) is 4.36 Å². The number of benzene rings is 1. The van der Waals surface area contributed by atoms with Crippen LogP contribution in [0.2, 0.25) is 5.15 Å². The van der Waals surface area contributed by atoms with Crippen molar-refractivity contribution in [2.45, 2.75) is 25.9 Å². The predicted octanol–water partition coefficient (Wildman–Crippen LogP) is 4.10. The van der Waals surface area contributed by atoms with E-state index in [1.54, 1.807) is 18.6 Å². The molecule has 30 heavy (non-hydrogen) atoms. The summed E-state index contributed by atoms with van der Waals surface area (Å²) in [6.07, 6.45) is 6.07. The van der Waals surface area contributed by atoms with E-state index in [1.807, 2.05) is 25.1 Å². The van der Waals surface area contributed by atoms with Gasteiger partial charge in [0.05, 0.1) is 30.1 Å². The number of nitrogens with zero attached hydrogens (tertiary/aromatic N) is 4. The van der Waals surface area contributed by atoms with E-state index in [2.05, 4.69) is 19.3 Å². The molecule has 1 atom stereocenters. The molecule has 1 saturated heterocycles. The first-order chi connectivity index (χ1) is 14.3. The summed E-state index contributed by atoms with van der Waals surface area (Å²) in [6, 6.07) is 7.42. The minimum Gasteiger partial charge on any atom is -0.472 e. The Balaban J connectivity index is 1.73. The molecule has 9 heteroatoms. The molecule has 158 valence electrons. The highest BCUT2D eigenvalue weighted by Gasteiger charge is 2.20. The standard InChI is InChI=1S/C21H23ClN4O3S/c1-13-8-15(26-30(2,3)27)10-18-20(13)17(23-12-24-18)9-14-4-5-19(22)25-21(14)29-16-6-7-28-11-16/h4-5,8,10,12,16H,6-7,9,11H2,1-3H3/t16-/m0/s1. The van der Waals surface area contributed by atoms with Gasteiger partial charge in [0.25, 0.3) is 0 Å². The second-order valence-corrected chi connectivity index (χ2v) is 10.6. The number of hydrogen-bond acceptors (Lipinski definition) is 7. The van der Waals surface area contributed by atoms with Gasteiger partial charge in [0.1, 0.15) is 17.6 Å². The van der Waals surface area contributed by atoms with Crippen LogP contribution in [0.5, 0.6) is 5.88 Å². The first kappa shape index (κ1) is 21.0. The Morgan fingerprint density at radius 3 is 2.87 bits per heavy atom. The topological polar surface area (TPSA) is 86.6 Å². The Morgan fingerprint density at radius 1 is 1.30 bits per heavy atom. The van der Waals surface area contributed by atoms with Gasteiger partial charge >= 0.3 is 0 Å². The van der Waals surface area contributed by atoms with Gasteiger partial charge in [0, 0.05) is 46.0 Å². The van der Waals surface area contributed by atoms with Gasteiger partial charge in [0.15, 0.2) is 0 Å². The Kier molecular flexibility index (Phi) is 5.90. The normalized spacial score (nSPS) is 16.7. The quantitative estimate of drug-likeness (QED) is 0.548. The summed E-state index contributed by atoms with van der Waals surface area (Å²) in [6.45, 7) is 3.22. The zero-order valence-electron chi connectivity index (χ0n) is 17.1. The fraction of sp³-hybridized carbons (Fsp3) is 0.381. The van der Waals surface area contributed by atoms with Crippen molar-refractivity contribution < 1.29 is 13.7 Å². The number of ether oxygens (including phenoxy) is 2. The number of hydrogen-bond donors (Lipinski definition) is 0. The molecule has 1 aliphatic rings. The third kappa shape index (κ3) is 4.88. The molecule has 0 N–H and O–H groups in total. The molecule has 0 unspecified atom stereocenters. The predicted molar refractivity (Wildman–Crippen MR) is 118 cm³/mol. The highest BCUT2D eigenvalue weighted by molar-refractivity contribution is 7.92. The van der Waals surface area contributed by atoms with E-state index >= 15 is 0 Å². The average Bonchev–Trinajstić information content (AvgIpc) is 3.15. The molecule has 1 aliphatic heterocycles. The van der Waals surface area contributed by atoms with Gasteiger partial charge in [-0.25, -0.2) is 19.2 Å². The van der Waals surface area contributed by atoms with Crippen LogP contribution in [0.15, 0.2) is 35.0 Å². The molecular weight excluding hydrogens is 424 g/mol. The first-order valence-electron chi connectivity index (χ1n) is 9.60. The van der Waals surface area contributed by atoms with Crippen molar-refractivity contribution in [1.82, 2.24) is 15.0 Å². The minimum atomic E-state index is -2.26. The van der Waals surface area contributed by atoms with E-state index in [0.29, 0.717) is 36.4 Å². The fourth-order valence-electron chi connectivity index (χ4n) is 3.52. The number of aromatic nitrogens is 3. The van der Waals surface area contributed by atoms with Crippen LogP contribution in [0.4, 0.5) is 5.69 Å². The van der Waals surface area contributed by atoms with Crippen molar-refractivity contribution in [3.63, 3.8) is 0 Å². The fourth-order valence-corrected chi connectivity index (χ4v) is 4.27. The number of rotatable bonds is 5. The Labute approximate surface area is 181 Å². The lowest BCUT2D eigenvalue weighted by atomic mass is 10.0. The number of halogens is 1. The van der Waals surface area contributed by atoms with Crippen molar-refractivity contribution in [2.75, 3.05) is 25.7 Å². The summed E-state index contributed by atoms with van der Waals surface area (Å²) < 4.78 is 27.9.